The van der Waals surface area contributed by atoms with Crippen molar-refractivity contribution in [2.24, 2.45) is 0 Å². The Balaban J connectivity index is 1.68. The van der Waals surface area contributed by atoms with E-state index in [9.17, 15) is 4.79 Å². The zero-order chi connectivity index (χ0) is 16.5. The molecule has 0 aliphatic rings. The number of carbonyl (C=O) groups excluding carboxylic acids is 1. The number of nitrogens with zero attached hydrogens (tertiary/aromatic N) is 2. The SMILES string of the molecule is CCCCCCCCC(=O)NCCn1c(C)nc2ccccc21. The van der Waals surface area contributed by atoms with Crippen molar-refractivity contribution in [1.82, 2.24) is 14.9 Å². The molecule has 0 unspecified atom stereocenters. The quantitative estimate of drug-likeness (QED) is 0.668. The highest BCUT2D eigenvalue weighted by molar-refractivity contribution is 5.76. The van der Waals surface area contributed by atoms with Gasteiger partial charge in [0.15, 0.2) is 0 Å². The number of hydrogen-bond acceptors (Lipinski definition) is 2. The molecule has 4 nitrogen and oxygen atoms in total. The lowest BCUT2D eigenvalue weighted by atomic mass is 10.1. The number of hydrogen-bond donors (Lipinski definition) is 1. The standard InChI is InChI=1S/C19H29N3O/c1-3-4-5-6-7-8-13-19(23)20-14-15-22-16(2)21-17-11-9-10-12-18(17)22/h9-12H,3-8,13-15H2,1-2H3,(H,20,23). The molecule has 0 saturated heterocycles. The molecule has 0 radical (unpaired) electrons. The zero-order valence-electron chi connectivity index (χ0n) is 14.5. The van der Waals surface area contributed by atoms with Crippen LogP contribution in [0.2, 0.25) is 0 Å². The van der Waals surface area contributed by atoms with E-state index in [1.807, 2.05) is 25.1 Å². The molecular formula is C19H29N3O. The van der Waals surface area contributed by atoms with Crippen LogP contribution in [-0.2, 0) is 11.3 Å². The largest absolute Gasteiger partial charge is 0.354 e. The Morgan fingerprint density at radius 1 is 1.13 bits per heavy atom. The molecule has 1 N–H and O–H groups in total. The van der Waals surface area contributed by atoms with E-state index in [4.69, 9.17) is 0 Å². The predicted octanol–water partition coefficient (Wildman–Crippen LogP) is 4.21. The van der Waals surface area contributed by atoms with Crippen molar-refractivity contribution in [1.29, 1.82) is 0 Å². The van der Waals surface area contributed by atoms with Crippen LogP contribution in [-0.4, -0.2) is 22.0 Å². The Bertz CT molecular complexity index is 618. The van der Waals surface area contributed by atoms with E-state index >= 15 is 0 Å². The lowest BCUT2D eigenvalue weighted by Crippen LogP contribution is -2.27. The Morgan fingerprint density at radius 3 is 2.70 bits per heavy atom. The van der Waals surface area contributed by atoms with Crippen LogP contribution in [0.1, 0.15) is 57.7 Å². The van der Waals surface area contributed by atoms with Crippen molar-refractivity contribution in [2.75, 3.05) is 6.54 Å². The van der Waals surface area contributed by atoms with E-state index in [0.29, 0.717) is 13.0 Å². The van der Waals surface area contributed by atoms with Crippen LogP contribution in [0.3, 0.4) is 0 Å². The molecule has 23 heavy (non-hydrogen) atoms. The second-order valence-electron chi connectivity index (χ2n) is 6.17. The van der Waals surface area contributed by atoms with Gasteiger partial charge in [0.05, 0.1) is 11.0 Å². The van der Waals surface area contributed by atoms with Crippen molar-refractivity contribution < 1.29 is 4.79 Å². The van der Waals surface area contributed by atoms with Crippen molar-refractivity contribution in [3.8, 4) is 0 Å². The van der Waals surface area contributed by atoms with Crippen LogP contribution >= 0.6 is 0 Å². The minimum absolute atomic E-state index is 0.169. The average Bonchev–Trinajstić information content (AvgIpc) is 2.87. The Labute approximate surface area is 139 Å². The Kier molecular flexibility index (Phi) is 7.11. The van der Waals surface area contributed by atoms with E-state index < -0.39 is 0 Å². The number of amides is 1. The highest BCUT2D eigenvalue weighted by Gasteiger charge is 2.07. The fourth-order valence-electron chi connectivity index (χ4n) is 2.94. The summed E-state index contributed by atoms with van der Waals surface area (Å²) in [6.07, 6.45) is 7.94. The summed E-state index contributed by atoms with van der Waals surface area (Å²) in [4.78, 5) is 16.4. The minimum atomic E-state index is 0.169. The molecule has 1 aromatic heterocycles. The van der Waals surface area contributed by atoms with E-state index in [-0.39, 0.29) is 5.91 Å². The number of nitrogens with one attached hydrogen (secondary N) is 1. The number of imidazole rings is 1. The van der Waals surface area contributed by atoms with Crippen LogP contribution < -0.4 is 5.32 Å². The third kappa shape index (κ3) is 5.38. The summed E-state index contributed by atoms with van der Waals surface area (Å²) < 4.78 is 2.17. The summed E-state index contributed by atoms with van der Waals surface area (Å²) in [6.45, 7) is 5.67. The van der Waals surface area contributed by atoms with Gasteiger partial charge in [0, 0.05) is 19.5 Å². The highest BCUT2D eigenvalue weighted by Crippen LogP contribution is 2.14. The molecule has 126 valence electrons. The van der Waals surface area contributed by atoms with Crippen molar-refractivity contribution in [3.05, 3.63) is 30.1 Å². The minimum Gasteiger partial charge on any atom is -0.354 e. The molecule has 0 aliphatic heterocycles. The monoisotopic (exact) mass is 315 g/mol. The lowest BCUT2D eigenvalue weighted by molar-refractivity contribution is -0.121. The third-order valence-corrected chi connectivity index (χ3v) is 4.26. The first kappa shape index (κ1) is 17.5. The second kappa shape index (κ2) is 9.33. The van der Waals surface area contributed by atoms with E-state index in [1.54, 1.807) is 0 Å². The molecule has 1 aromatic carbocycles. The molecule has 0 spiro atoms. The normalized spacial score (nSPS) is 11.0. The maximum absolute atomic E-state index is 11.9. The van der Waals surface area contributed by atoms with Gasteiger partial charge in [0.25, 0.3) is 0 Å². The molecule has 2 rings (SSSR count). The van der Waals surface area contributed by atoms with Gasteiger partial charge in [-0.15, -0.1) is 0 Å². The molecular weight excluding hydrogens is 286 g/mol. The number of rotatable bonds is 10. The molecule has 1 heterocycles. The van der Waals surface area contributed by atoms with Gasteiger partial charge in [0.2, 0.25) is 5.91 Å². The van der Waals surface area contributed by atoms with Gasteiger partial charge in [-0.05, 0) is 25.5 Å². The zero-order valence-corrected chi connectivity index (χ0v) is 14.5. The summed E-state index contributed by atoms with van der Waals surface area (Å²) in [5.41, 5.74) is 2.15. The summed E-state index contributed by atoms with van der Waals surface area (Å²) in [7, 11) is 0. The van der Waals surface area contributed by atoms with Gasteiger partial charge in [0.1, 0.15) is 5.82 Å². The van der Waals surface area contributed by atoms with Gasteiger partial charge in [-0.3, -0.25) is 4.79 Å². The first-order chi connectivity index (χ1) is 11.2. The smallest absolute Gasteiger partial charge is 0.220 e. The van der Waals surface area contributed by atoms with Gasteiger partial charge in [-0.1, -0.05) is 51.2 Å². The summed E-state index contributed by atoms with van der Waals surface area (Å²) in [5, 5.41) is 3.03. The van der Waals surface area contributed by atoms with Crippen molar-refractivity contribution in [3.63, 3.8) is 0 Å². The summed E-state index contributed by atoms with van der Waals surface area (Å²) in [5.74, 6) is 1.17. The topological polar surface area (TPSA) is 46.9 Å². The molecule has 0 aliphatic carbocycles. The number of unbranched alkanes of at least 4 members (excludes halogenated alkanes) is 5. The number of para-hydroxylation sites is 2. The number of benzene rings is 1. The number of aryl methyl sites for hydroxylation is 1. The van der Waals surface area contributed by atoms with E-state index in [1.165, 1.54) is 32.1 Å². The number of fused-ring (bicyclic) bond motifs is 1. The molecule has 2 aromatic rings. The maximum Gasteiger partial charge on any atom is 0.220 e. The van der Waals surface area contributed by atoms with Gasteiger partial charge < -0.3 is 9.88 Å². The van der Waals surface area contributed by atoms with Crippen LogP contribution in [0.4, 0.5) is 0 Å². The maximum atomic E-state index is 11.9. The fraction of sp³-hybridized carbons (Fsp3) is 0.579. The molecule has 4 heteroatoms. The summed E-state index contributed by atoms with van der Waals surface area (Å²) in [6, 6.07) is 8.13. The van der Waals surface area contributed by atoms with E-state index in [0.717, 1.165) is 29.8 Å². The van der Waals surface area contributed by atoms with Crippen LogP contribution in [0.5, 0.6) is 0 Å². The van der Waals surface area contributed by atoms with Crippen LogP contribution in [0.15, 0.2) is 24.3 Å². The van der Waals surface area contributed by atoms with Crippen LogP contribution in [0, 0.1) is 6.92 Å². The Morgan fingerprint density at radius 2 is 1.87 bits per heavy atom. The second-order valence-corrected chi connectivity index (χ2v) is 6.17. The van der Waals surface area contributed by atoms with E-state index in [2.05, 4.69) is 27.9 Å². The molecule has 0 atom stereocenters. The molecule has 0 fully saturated rings. The first-order valence-electron chi connectivity index (χ1n) is 8.91. The Hall–Kier alpha value is -1.84. The van der Waals surface area contributed by atoms with Crippen molar-refractivity contribution >= 4 is 16.9 Å². The molecule has 1 amide bonds. The van der Waals surface area contributed by atoms with Crippen LogP contribution in [0.25, 0.3) is 11.0 Å². The van der Waals surface area contributed by atoms with Crippen molar-refractivity contribution in [2.45, 2.75) is 65.3 Å². The van der Waals surface area contributed by atoms with Gasteiger partial charge in [-0.25, -0.2) is 4.98 Å². The third-order valence-electron chi connectivity index (χ3n) is 4.26. The number of carbonyl (C=O) groups is 1. The molecule has 0 saturated carbocycles. The molecule has 0 bridgehead atoms. The number of aromatic nitrogens is 2. The predicted molar refractivity (Wildman–Crippen MR) is 95.5 cm³/mol. The highest BCUT2D eigenvalue weighted by atomic mass is 16.1. The first-order valence-corrected chi connectivity index (χ1v) is 8.91. The fourth-order valence-corrected chi connectivity index (χ4v) is 2.94. The summed E-state index contributed by atoms with van der Waals surface area (Å²) >= 11 is 0. The average molecular weight is 315 g/mol. The lowest BCUT2D eigenvalue weighted by Gasteiger charge is -2.08. The van der Waals surface area contributed by atoms with Gasteiger partial charge in [-0.2, -0.15) is 0 Å². The van der Waals surface area contributed by atoms with Gasteiger partial charge >= 0.3 is 0 Å².